The summed E-state index contributed by atoms with van der Waals surface area (Å²) in [6.07, 6.45) is 14.5. The van der Waals surface area contributed by atoms with Crippen molar-refractivity contribution in [3.05, 3.63) is 0 Å². The van der Waals surface area contributed by atoms with Gasteiger partial charge in [0.25, 0.3) is 0 Å². The number of rotatable bonds is 10. The number of hydrogen-bond acceptors (Lipinski definition) is 0. The molecule has 86 valence electrons. The molecule has 0 aliphatic rings. The summed E-state index contributed by atoms with van der Waals surface area (Å²) in [5, 5.41) is 0. The molecule has 0 aliphatic carbocycles. The first-order valence-corrected chi connectivity index (χ1v) is 8.99. The van der Waals surface area contributed by atoms with E-state index in [-0.39, 0.29) is 0 Å². The first-order chi connectivity index (χ1) is 6.85. The molecule has 1 unspecified atom stereocenters. The Labute approximate surface area is 94.6 Å². The number of unbranched alkanes of at least 4 members (excludes halogenated alkanes) is 3. The third-order valence-electron chi connectivity index (χ3n) is 2.58. The fraction of sp³-hybridized carbons (Fsp3) is 1.00. The minimum Gasteiger partial charge on any atom is -0.138 e. The molecule has 14 heavy (non-hydrogen) atoms. The highest BCUT2D eigenvalue weighted by molar-refractivity contribution is 7.57. The van der Waals surface area contributed by atoms with Gasteiger partial charge in [0, 0.05) is 0 Å². The van der Waals surface area contributed by atoms with Crippen LogP contribution in [0.1, 0.15) is 52.4 Å². The van der Waals surface area contributed by atoms with E-state index in [0.717, 1.165) is 0 Å². The predicted octanol–water partition coefficient (Wildman–Crippen LogP) is 4.72. The van der Waals surface area contributed by atoms with Crippen molar-refractivity contribution in [1.29, 1.82) is 0 Å². The van der Waals surface area contributed by atoms with Crippen molar-refractivity contribution in [3.63, 3.8) is 0 Å². The van der Waals surface area contributed by atoms with E-state index in [2.05, 4.69) is 23.1 Å². The molecule has 1 atom stereocenters. The van der Waals surface area contributed by atoms with Crippen molar-refractivity contribution < 1.29 is 0 Å². The molecule has 0 aromatic rings. The maximum absolute atomic E-state index is 2.84. The summed E-state index contributed by atoms with van der Waals surface area (Å²) in [5.74, 6) is 0. The van der Waals surface area contributed by atoms with Crippen molar-refractivity contribution in [2.45, 2.75) is 52.4 Å². The highest BCUT2D eigenvalue weighted by atomic mass is 31.1. The third kappa shape index (κ3) is 9.42. The molecule has 0 spiro atoms. The maximum Gasteiger partial charge on any atom is -0.0326 e. The molecule has 0 N–H and O–H groups in total. The lowest BCUT2D eigenvalue weighted by molar-refractivity contribution is 0.850. The summed E-state index contributed by atoms with van der Waals surface area (Å²) in [6, 6.07) is 0. The molecule has 2 heteroatoms. The SMILES string of the molecule is CCCCP(CCCC)CCCCP. The van der Waals surface area contributed by atoms with E-state index in [4.69, 9.17) is 0 Å². The van der Waals surface area contributed by atoms with E-state index in [1.165, 1.54) is 44.7 Å². The van der Waals surface area contributed by atoms with Gasteiger partial charge in [-0.3, -0.25) is 0 Å². The molecule has 0 fully saturated rings. The topological polar surface area (TPSA) is 0 Å². The smallest absolute Gasteiger partial charge is 0.0326 e. The van der Waals surface area contributed by atoms with Gasteiger partial charge in [-0.25, -0.2) is 0 Å². The lowest BCUT2D eigenvalue weighted by Crippen LogP contribution is -1.96. The van der Waals surface area contributed by atoms with Crippen molar-refractivity contribution >= 4 is 17.2 Å². The van der Waals surface area contributed by atoms with Gasteiger partial charge in [-0.2, -0.15) is 0 Å². The second-order valence-electron chi connectivity index (χ2n) is 4.04. The summed E-state index contributed by atoms with van der Waals surface area (Å²) in [7, 11) is 3.25. The summed E-state index contributed by atoms with van der Waals surface area (Å²) in [5.41, 5.74) is 0. The largest absolute Gasteiger partial charge is 0.138 e. The normalized spacial score (nSPS) is 11.1. The van der Waals surface area contributed by atoms with Crippen LogP contribution in [0.15, 0.2) is 0 Å². The summed E-state index contributed by atoms with van der Waals surface area (Å²) >= 11 is 0. The van der Waals surface area contributed by atoms with E-state index < -0.39 is 0 Å². The second kappa shape index (κ2) is 11.9. The van der Waals surface area contributed by atoms with E-state index in [1.54, 1.807) is 18.5 Å². The van der Waals surface area contributed by atoms with E-state index in [9.17, 15) is 0 Å². The molecule has 0 heterocycles. The van der Waals surface area contributed by atoms with Gasteiger partial charge in [-0.1, -0.05) is 26.7 Å². The molecular weight excluding hydrogens is 206 g/mol. The molecule has 0 radical (unpaired) electrons. The van der Waals surface area contributed by atoms with Crippen LogP contribution in [0.5, 0.6) is 0 Å². The van der Waals surface area contributed by atoms with E-state index >= 15 is 0 Å². The van der Waals surface area contributed by atoms with Gasteiger partial charge in [0.05, 0.1) is 0 Å². The Morgan fingerprint density at radius 1 is 0.786 bits per heavy atom. The first kappa shape index (κ1) is 14.9. The second-order valence-corrected chi connectivity index (χ2v) is 7.31. The van der Waals surface area contributed by atoms with Crippen LogP contribution in [0.25, 0.3) is 0 Å². The maximum atomic E-state index is 2.84. The Hall–Kier alpha value is 0.860. The average molecular weight is 234 g/mol. The van der Waals surface area contributed by atoms with Gasteiger partial charge in [-0.05, 0) is 50.3 Å². The molecule has 0 saturated heterocycles. The Bertz CT molecular complexity index is 96.5. The van der Waals surface area contributed by atoms with Crippen LogP contribution < -0.4 is 0 Å². The van der Waals surface area contributed by atoms with Crippen molar-refractivity contribution in [1.82, 2.24) is 0 Å². The van der Waals surface area contributed by atoms with Gasteiger partial charge in [0.1, 0.15) is 0 Å². The van der Waals surface area contributed by atoms with Crippen molar-refractivity contribution in [2.24, 2.45) is 0 Å². The van der Waals surface area contributed by atoms with Crippen molar-refractivity contribution in [2.75, 3.05) is 24.6 Å². The van der Waals surface area contributed by atoms with Gasteiger partial charge < -0.3 is 0 Å². The van der Waals surface area contributed by atoms with Crippen LogP contribution >= 0.6 is 17.2 Å². The number of hydrogen-bond donors (Lipinski definition) is 0. The van der Waals surface area contributed by atoms with Gasteiger partial charge in [0.15, 0.2) is 0 Å². The standard InChI is InChI=1S/C12H28P2/c1-3-5-10-14(11-6-4-2)12-8-7-9-13/h3-13H2,1-2H3. The fourth-order valence-corrected chi connectivity index (χ4v) is 4.74. The van der Waals surface area contributed by atoms with E-state index in [0.29, 0.717) is 7.92 Å². The molecule has 0 bridgehead atoms. The minimum absolute atomic E-state index is 0.407. The first-order valence-electron chi connectivity index (χ1n) is 6.27. The van der Waals surface area contributed by atoms with Gasteiger partial charge >= 0.3 is 0 Å². The van der Waals surface area contributed by atoms with Crippen LogP contribution in [0, 0.1) is 0 Å². The molecule has 0 rings (SSSR count). The molecule has 0 aromatic heterocycles. The third-order valence-corrected chi connectivity index (χ3v) is 5.84. The van der Waals surface area contributed by atoms with Crippen LogP contribution in [0.2, 0.25) is 0 Å². The quantitative estimate of drug-likeness (QED) is 0.379. The Kier molecular flexibility index (Phi) is 12.7. The molecule has 0 saturated carbocycles. The summed E-state index contributed by atoms with van der Waals surface area (Å²) in [6.45, 7) is 4.63. The highest BCUT2D eigenvalue weighted by Crippen LogP contribution is 2.38. The lowest BCUT2D eigenvalue weighted by Gasteiger charge is -2.16. The molecule has 0 amide bonds. The van der Waals surface area contributed by atoms with Gasteiger partial charge in [0.2, 0.25) is 0 Å². The Morgan fingerprint density at radius 2 is 1.29 bits per heavy atom. The minimum atomic E-state index is 0.407. The van der Waals surface area contributed by atoms with Crippen LogP contribution in [-0.4, -0.2) is 24.6 Å². The van der Waals surface area contributed by atoms with Crippen LogP contribution in [0.4, 0.5) is 0 Å². The van der Waals surface area contributed by atoms with Crippen LogP contribution in [-0.2, 0) is 0 Å². The van der Waals surface area contributed by atoms with Gasteiger partial charge in [-0.15, -0.1) is 17.2 Å². The average Bonchev–Trinajstić information content (AvgIpc) is 2.21. The Morgan fingerprint density at radius 3 is 1.71 bits per heavy atom. The fourth-order valence-electron chi connectivity index (χ4n) is 1.58. The monoisotopic (exact) mass is 234 g/mol. The summed E-state index contributed by atoms with van der Waals surface area (Å²) in [4.78, 5) is 0. The lowest BCUT2D eigenvalue weighted by atomic mass is 10.4. The van der Waals surface area contributed by atoms with E-state index in [1.807, 2.05) is 0 Å². The predicted molar refractivity (Wildman–Crippen MR) is 75.1 cm³/mol. The van der Waals surface area contributed by atoms with Crippen LogP contribution in [0.3, 0.4) is 0 Å². The summed E-state index contributed by atoms with van der Waals surface area (Å²) < 4.78 is 0. The molecular formula is C12H28P2. The molecule has 0 aliphatic heterocycles. The zero-order chi connectivity index (χ0) is 10.6. The molecule has 0 nitrogen and oxygen atoms in total. The van der Waals surface area contributed by atoms with Crippen molar-refractivity contribution in [3.8, 4) is 0 Å². The molecule has 0 aromatic carbocycles. The zero-order valence-corrected chi connectivity index (χ0v) is 12.1. The Balaban J connectivity index is 3.49. The highest BCUT2D eigenvalue weighted by Gasteiger charge is 2.05. The zero-order valence-electron chi connectivity index (χ0n) is 10.1.